The molecule has 0 aliphatic rings. The van der Waals surface area contributed by atoms with Gasteiger partial charge in [0.2, 0.25) is 5.89 Å². The minimum Gasteiger partial charge on any atom is -0.339 e. The monoisotopic (exact) mass is 277 g/mol. The Labute approximate surface area is 118 Å². The van der Waals surface area contributed by atoms with Crippen LogP contribution in [0.3, 0.4) is 0 Å². The maximum atomic E-state index is 13.1. The van der Waals surface area contributed by atoms with Gasteiger partial charge in [-0.15, -0.1) is 0 Å². The molecule has 1 unspecified atom stereocenters. The summed E-state index contributed by atoms with van der Waals surface area (Å²) in [6, 6.07) is 6.33. The number of aromatic nitrogens is 2. The first-order valence-corrected chi connectivity index (χ1v) is 6.66. The van der Waals surface area contributed by atoms with E-state index < -0.39 is 0 Å². The normalized spacial score (nSPS) is 13.4. The van der Waals surface area contributed by atoms with Gasteiger partial charge in [0.1, 0.15) is 5.82 Å². The predicted molar refractivity (Wildman–Crippen MR) is 74.6 cm³/mol. The van der Waals surface area contributed by atoms with Crippen LogP contribution in [0.25, 0.3) is 0 Å². The molecule has 108 valence electrons. The highest BCUT2D eigenvalue weighted by Gasteiger charge is 2.23. The van der Waals surface area contributed by atoms with Gasteiger partial charge in [-0.1, -0.05) is 38.1 Å². The summed E-state index contributed by atoms with van der Waals surface area (Å²) in [5.41, 5.74) is 6.89. The molecular formula is C15H20FN3O. The van der Waals surface area contributed by atoms with Gasteiger partial charge in [0, 0.05) is 18.9 Å². The average molecular weight is 277 g/mol. The Morgan fingerprint density at radius 2 is 2.10 bits per heavy atom. The zero-order chi connectivity index (χ0) is 14.8. The minimum atomic E-state index is -0.263. The van der Waals surface area contributed by atoms with Crippen LogP contribution < -0.4 is 5.73 Å². The molecule has 0 radical (unpaired) electrons. The van der Waals surface area contributed by atoms with Gasteiger partial charge in [0.05, 0.1) is 0 Å². The second kappa shape index (κ2) is 5.71. The van der Waals surface area contributed by atoms with E-state index in [9.17, 15) is 4.39 Å². The SMILES string of the molecule is CC(C)(C)C(N)Cc1nc(Cc2cccc(F)c2)no1. The van der Waals surface area contributed by atoms with Crippen LogP contribution in [0, 0.1) is 11.2 Å². The number of hydrogen-bond acceptors (Lipinski definition) is 4. The molecule has 1 heterocycles. The number of benzene rings is 1. The first kappa shape index (κ1) is 14.7. The van der Waals surface area contributed by atoms with Gasteiger partial charge in [-0.05, 0) is 23.1 Å². The van der Waals surface area contributed by atoms with Gasteiger partial charge in [-0.3, -0.25) is 0 Å². The van der Waals surface area contributed by atoms with Crippen LogP contribution in [-0.2, 0) is 12.8 Å². The molecule has 0 bridgehead atoms. The molecule has 4 nitrogen and oxygen atoms in total. The topological polar surface area (TPSA) is 64.9 Å². The van der Waals surface area contributed by atoms with E-state index in [1.165, 1.54) is 12.1 Å². The van der Waals surface area contributed by atoms with Gasteiger partial charge in [0.15, 0.2) is 5.82 Å². The molecule has 0 aliphatic heterocycles. The van der Waals surface area contributed by atoms with E-state index in [-0.39, 0.29) is 17.3 Å². The summed E-state index contributed by atoms with van der Waals surface area (Å²) in [6.07, 6.45) is 0.992. The maximum absolute atomic E-state index is 13.1. The number of halogens is 1. The summed E-state index contributed by atoms with van der Waals surface area (Å²) in [5.74, 6) is 0.812. The van der Waals surface area contributed by atoms with Crippen LogP contribution in [-0.4, -0.2) is 16.2 Å². The molecule has 0 aliphatic carbocycles. The Hall–Kier alpha value is -1.75. The Bertz CT molecular complexity index is 574. The standard InChI is InChI=1S/C15H20FN3O/c1-15(2,3)12(17)9-14-18-13(19-20-14)8-10-5-4-6-11(16)7-10/h4-7,12H,8-9,17H2,1-3H3. The lowest BCUT2D eigenvalue weighted by molar-refractivity contribution is 0.285. The molecule has 0 spiro atoms. The molecular weight excluding hydrogens is 257 g/mol. The molecule has 2 N–H and O–H groups in total. The lowest BCUT2D eigenvalue weighted by atomic mass is 9.85. The molecule has 20 heavy (non-hydrogen) atoms. The Morgan fingerprint density at radius 1 is 1.35 bits per heavy atom. The van der Waals surface area contributed by atoms with Crippen molar-refractivity contribution in [2.24, 2.45) is 11.1 Å². The van der Waals surface area contributed by atoms with Crippen LogP contribution in [0.2, 0.25) is 0 Å². The van der Waals surface area contributed by atoms with Crippen molar-refractivity contribution >= 4 is 0 Å². The van der Waals surface area contributed by atoms with Gasteiger partial charge in [-0.2, -0.15) is 4.98 Å². The summed E-state index contributed by atoms with van der Waals surface area (Å²) < 4.78 is 18.3. The van der Waals surface area contributed by atoms with Gasteiger partial charge >= 0.3 is 0 Å². The fourth-order valence-corrected chi connectivity index (χ4v) is 1.77. The van der Waals surface area contributed by atoms with Crippen molar-refractivity contribution in [1.29, 1.82) is 0 Å². The first-order chi connectivity index (χ1) is 9.34. The smallest absolute Gasteiger partial charge is 0.228 e. The molecule has 5 heteroatoms. The number of nitrogens with two attached hydrogens (primary N) is 1. The quantitative estimate of drug-likeness (QED) is 0.933. The third-order valence-corrected chi connectivity index (χ3v) is 3.27. The van der Waals surface area contributed by atoms with Crippen LogP contribution in [0.5, 0.6) is 0 Å². The lowest BCUT2D eigenvalue weighted by Crippen LogP contribution is -2.37. The predicted octanol–water partition coefficient (Wildman–Crippen LogP) is 2.72. The lowest BCUT2D eigenvalue weighted by Gasteiger charge is -2.25. The molecule has 0 fully saturated rings. The van der Waals surface area contributed by atoms with Crippen LogP contribution >= 0.6 is 0 Å². The number of rotatable bonds is 4. The molecule has 0 saturated carbocycles. The van der Waals surface area contributed by atoms with E-state index >= 15 is 0 Å². The van der Waals surface area contributed by atoms with Gasteiger partial charge in [0.25, 0.3) is 0 Å². The van der Waals surface area contributed by atoms with E-state index in [0.717, 1.165) is 5.56 Å². The summed E-state index contributed by atoms with van der Waals surface area (Å²) in [5, 5.41) is 3.91. The van der Waals surface area contributed by atoms with Crippen molar-refractivity contribution in [3.8, 4) is 0 Å². The summed E-state index contributed by atoms with van der Waals surface area (Å²) in [4.78, 5) is 4.31. The maximum Gasteiger partial charge on any atom is 0.228 e. The van der Waals surface area contributed by atoms with E-state index in [4.69, 9.17) is 10.3 Å². The van der Waals surface area contributed by atoms with Gasteiger partial charge < -0.3 is 10.3 Å². The van der Waals surface area contributed by atoms with E-state index in [1.807, 2.05) is 6.07 Å². The van der Waals surface area contributed by atoms with Crippen molar-refractivity contribution in [2.45, 2.75) is 39.7 Å². The third kappa shape index (κ3) is 3.87. The van der Waals surface area contributed by atoms with Crippen molar-refractivity contribution < 1.29 is 8.91 Å². The van der Waals surface area contributed by atoms with Crippen LogP contribution in [0.1, 0.15) is 38.0 Å². The molecule has 1 atom stereocenters. The highest BCUT2D eigenvalue weighted by Crippen LogP contribution is 2.20. The molecule has 0 saturated heterocycles. The van der Waals surface area contributed by atoms with Gasteiger partial charge in [-0.25, -0.2) is 4.39 Å². The van der Waals surface area contributed by atoms with Crippen molar-refractivity contribution in [3.63, 3.8) is 0 Å². The first-order valence-electron chi connectivity index (χ1n) is 6.66. The fourth-order valence-electron chi connectivity index (χ4n) is 1.77. The Kier molecular flexibility index (Phi) is 4.18. The molecule has 2 aromatic rings. The van der Waals surface area contributed by atoms with E-state index in [1.54, 1.807) is 6.07 Å². The van der Waals surface area contributed by atoms with E-state index in [0.29, 0.717) is 24.6 Å². The minimum absolute atomic E-state index is 0.0167. The second-order valence-electron chi connectivity index (χ2n) is 6.09. The Balaban J connectivity index is 2.02. The Morgan fingerprint density at radius 3 is 2.75 bits per heavy atom. The van der Waals surface area contributed by atoms with Crippen LogP contribution in [0.15, 0.2) is 28.8 Å². The molecule has 2 rings (SSSR count). The number of nitrogens with zero attached hydrogens (tertiary/aromatic N) is 2. The summed E-state index contributed by atoms with van der Waals surface area (Å²) >= 11 is 0. The zero-order valence-corrected chi connectivity index (χ0v) is 12.1. The van der Waals surface area contributed by atoms with Crippen molar-refractivity contribution in [1.82, 2.24) is 10.1 Å². The molecule has 1 aromatic heterocycles. The van der Waals surface area contributed by atoms with Crippen LogP contribution in [0.4, 0.5) is 4.39 Å². The molecule has 1 aromatic carbocycles. The largest absolute Gasteiger partial charge is 0.339 e. The molecule has 0 amide bonds. The third-order valence-electron chi connectivity index (χ3n) is 3.27. The summed E-state index contributed by atoms with van der Waals surface area (Å²) in [7, 11) is 0. The van der Waals surface area contributed by atoms with Crippen molar-refractivity contribution in [3.05, 3.63) is 47.4 Å². The van der Waals surface area contributed by atoms with E-state index in [2.05, 4.69) is 30.9 Å². The zero-order valence-electron chi connectivity index (χ0n) is 12.1. The highest BCUT2D eigenvalue weighted by atomic mass is 19.1. The highest BCUT2D eigenvalue weighted by molar-refractivity contribution is 5.19. The fraction of sp³-hybridized carbons (Fsp3) is 0.467. The summed E-state index contributed by atoms with van der Waals surface area (Å²) in [6.45, 7) is 6.21. The van der Waals surface area contributed by atoms with Crippen molar-refractivity contribution in [2.75, 3.05) is 0 Å². The average Bonchev–Trinajstić information content (AvgIpc) is 2.75. The number of hydrogen-bond donors (Lipinski definition) is 1. The second-order valence-corrected chi connectivity index (χ2v) is 6.09.